The fraction of sp³-hybridized carbons (Fsp3) is 0.105. The fourth-order valence-electron chi connectivity index (χ4n) is 2.95. The smallest absolute Gasteiger partial charge is 0.267 e. The number of nitrogens with zero attached hydrogens (tertiary/aromatic N) is 2. The first-order valence-electron chi connectivity index (χ1n) is 8.17. The number of hydrogen-bond acceptors (Lipinski definition) is 4. The quantitative estimate of drug-likeness (QED) is 0.576. The highest BCUT2D eigenvalue weighted by molar-refractivity contribution is 9.10. The Morgan fingerprint density at radius 1 is 0.852 bits per heavy atom. The third kappa shape index (κ3) is 3.40. The van der Waals surface area contributed by atoms with Crippen LogP contribution in [0, 0.1) is 0 Å². The highest BCUT2D eigenvalue weighted by Gasteiger charge is 2.42. The molecular formula is C19H15BrN2O3S2. The van der Waals surface area contributed by atoms with Gasteiger partial charge in [0.05, 0.1) is 18.8 Å². The zero-order chi connectivity index (χ0) is 19.0. The minimum atomic E-state index is -3.99. The van der Waals surface area contributed by atoms with Crippen LogP contribution in [-0.2, 0) is 23.3 Å². The summed E-state index contributed by atoms with van der Waals surface area (Å²) in [6.45, 7) is 0.175. The first-order valence-corrected chi connectivity index (χ1v) is 11.2. The van der Waals surface area contributed by atoms with E-state index in [0.29, 0.717) is 10.6 Å². The maximum Gasteiger partial charge on any atom is 0.329 e. The van der Waals surface area contributed by atoms with E-state index in [0.717, 1.165) is 19.9 Å². The Kier molecular flexibility index (Phi) is 4.79. The molecular weight excluding hydrogens is 448 g/mol. The van der Waals surface area contributed by atoms with Crippen LogP contribution in [-0.4, -0.2) is 18.6 Å². The average Bonchev–Trinajstić information content (AvgIpc) is 3.14. The van der Waals surface area contributed by atoms with Crippen LogP contribution >= 0.6 is 27.3 Å². The number of benzene rings is 2. The highest BCUT2D eigenvalue weighted by atomic mass is 79.9. The van der Waals surface area contributed by atoms with Gasteiger partial charge in [-0.25, -0.2) is 8.61 Å². The molecule has 3 aromatic rings. The molecule has 0 aliphatic carbocycles. The number of anilines is 1. The zero-order valence-corrected chi connectivity index (χ0v) is 17.3. The van der Waals surface area contributed by atoms with Gasteiger partial charge in [-0.1, -0.05) is 58.4 Å². The number of rotatable bonds is 4. The van der Waals surface area contributed by atoms with Crippen molar-refractivity contribution in [2.24, 2.45) is 0 Å². The maximum absolute atomic E-state index is 13.3. The van der Waals surface area contributed by atoms with Gasteiger partial charge < -0.3 is 0 Å². The van der Waals surface area contributed by atoms with E-state index in [4.69, 9.17) is 0 Å². The van der Waals surface area contributed by atoms with Crippen LogP contribution in [0.3, 0.4) is 0 Å². The lowest BCUT2D eigenvalue weighted by Crippen LogP contribution is -2.50. The third-order valence-electron chi connectivity index (χ3n) is 4.30. The molecule has 1 aromatic heterocycles. The second-order valence-electron chi connectivity index (χ2n) is 6.07. The molecule has 138 valence electrons. The number of halogens is 1. The largest absolute Gasteiger partial charge is 0.329 e. The molecule has 2 aromatic carbocycles. The number of carbonyl (C=O) groups is 1. The molecule has 0 N–H and O–H groups in total. The Bertz CT molecular complexity index is 1080. The van der Waals surface area contributed by atoms with Gasteiger partial charge in [-0.2, -0.15) is 8.42 Å². The number of hydrogen-bond donors (Lipinski definition) is 0. The molecule has 1 aliphatic rings. The summed E-state index contributed by atoms with van der Waals surface area (Å²) < 4.78 is 29.8. The summed E-state index contributed by atoms with van der Waals surface area (Å²) in [5.41, 5.74) is 2.04. The summed E-state index contributed by atoms with van der Waals surface area (Å²) >= 11 is 4.64. The van der Waals surface area contributed by atoms with Gasteiger partial charge in [-0.05, 0) is 34.7 Å². The topological polar surface area (TPSA) is 57.7 Å². The van der Waals surface area contributed by atoms with E-state index in [-0.39, 0.29) is 13.1 Å². The van der Waals surface area contributed by atoms with Crippen LogP contribution in [0.1, 0.15) is 20.8 Å². The molecule has 4 rings (SSSR count). The van der Waals surface area contributed by atoms with Crippen LogP contribution in [0.5, 0.6) is 0 Å². The van der Waals surface area contributed by atoms with Crippen molar-refractivity contribution in [3.8, 4) is 0 Å². The van der Waals surface area contributed by atoms with Crippen LogP contribution < -0.4 is 4.31 Å². The Hall–Kier alpha value is -2.16. The van der Waals surface area contributed by atoms with E-state index in [1.165, 1.54) is 15.6 Å². The molecule has 1 amide bonds. The van der Waals surface area contributed by atoms with Gasteiger partial charge in [0.25, 0.3) is 5.91 Å². The van der Waals surface area contributed by atoms with Gasteiger partial charge in [0.15, 0.2) is 0 Å². The Labute approximate surface area is 170 Å². The van der Waals surface area contributed by atoms with Gasteiger partial charge in [0, 0.05) is 4.47 Å². The molecule has 0 unspecified atom stereocenters. The van der Waals surface area contributed by atoms with Gasteiger partial charge in [0.2, 0.25) is 0 Å². The molecule has 8 heteroatoms. The lowest BCUT2D eigenvalue weighted by Gasteiger charge is -2.35. The molecule has 5 nitrogen and oxygen atoms in total. The van der Waals surface area contributed by atoms with E-state index in [9.17, 15) is 13.2 Å². The summed E-state index contributed by atoms with van der Waals surface area (Å²) in [7, 11) is -3.99. The van der Waals surface area contributed by atoms with Crippen LogP contribution in [0.2, 0.25) is 0 Å². The van der Waals surface area contributed by atoms with Crippen molar-refractivity contribution in [1.82, 2.24) is 4.31 Å². The Morgan fingerprint density at radius 3 is 2.19 bits per heavy atom. The second-order valence-corrected chi connectivity index (χ2v) is 9.68. The summed E-state index contributed by atoms with van der Waals surface area (Å²) in [6, 6.07) is 18.3. The van der Waals surface area contributed by atoms with Crippen LogP contribution in [0.15, 0.2) is 70.5 Å². The van der Waals surface area contributed by atoms with E-state index in [1.807, 2.05) is 54.6 Å². The molecule has 0 fully saturated rings. The predicted octanol–water partition coefficient (Wildman–Crippen LogP) is 4.42. The lowest BCUT2D eigenvalue weighted by molar-refractivity contribution is 0.0855. The highest BCUT2D eigenvalue weighted by Crippen LogP contribution is 2.37. The van der Waals surface area contributed by atoms with Crippen molar-refractivity contribution in [3.05, 3.63) is 86.5 Å². The molecule has 27 heavy (non-hydrogen) atoms. The average molecular weight is 463 g/mol. The zero-order valence-electron chi connectivity index (χ0n) is 14.1. The van der Waals surface area contributed by atoms with Gasteiger partial charge >= 0.3 is 10.2 Å². The van der Waals surface area contributed by atoms with E-state index in [1.54, 1.807) is 11.4 Å². The number of carbonyl (C=O) groups excluding carboxylic acids is 1. The number of thiophene rings is 1. The Morgan fingerprint density at radius 2 is 1.48 bits per heavy atom. The van der Waals surface area contributed by atoms with Crippen molar-refractivity contribution in [2.45, 2.75) is 13.1 Å². The molecule has 0 saturated carbocycles. The van der Waals surface area contributed by atoms with Crippen molar-refractivity contribution in [3.63, 3.8) is 0 Å². The Balaban J connectivity index is 1.75. The molecule has 0 saturated heterocycles. The fourth-order valence-corrected chi connectivity index (χ4v) is 5.73. The van der Waals surface area contributed by atoms with Crippen LogP contribution in [0.25, 0.3) is 0 Å². The van der Waals surface area contributed by atoms with Crippen LogP contribution in [0.4, 0.5) is 5.69 Å². The standard InChI is InChI=1S/C19H15BrN2O3S2/c20-16-8-6-15(7-9-16)12-21-17-10-11-26-18(17)19(23)22(27(21,24)25)13-14-4-2-1-3-5-14/h1-11H,12-13H2. The predicted molar refractivity (Wildman–Crippen MR) is 110 cm³/mol. The summed E-state index contributed by atoms with van der Waals surface area (Å²) in [5, 5.41) is 1.75. The van der Waals surface area contributed by atoms with Gasteiger partial charge in [-0.15, -0.1) is 11.3 Å². The lowest BCUT2D eigenvalue weighted by atomic mass is 10.2. The molecule has 0 atom stereocenters. The monoisotopic (exact) mass is 462 g/mol. The molecule has 0 spiro atoms. The summed E-state index contributed by atoms with van der Waals surface area (Å²) in [4.78, 5) is 13.3. The van der Waals surface area contributed by atoms with Crippen molar-refractivity contribution in [2.75, 3.05) is 4.31 Å². The van der Waals surface area contributed by atoms with Crippen molar-refractivity contribution in [1.29, 1.82) is 0 Å². The normalized spacial score (nSPS) is 15.7. The van der Waals surface area contributed by atoms with Crippen molar-refractivity contribution >= 4 is 49.1 Å². The molecule has 2 heterocycles. The third-order valence-corrected chi connectivity index (χ3v) is 7.45. The van der Waals surface area contributed by atoms with E-state index >= 15 is 0 Å². The minimum absolute atomic E-state index is 0.0101. The minimum Gasteiger partial charge on any atom is -0.267 e. The number of fused-ring (bicyclic) bond motifs is 1. The second kappa shape index (κ2) is 7.10. The molecule has 0 radical (unpaired) electrons. The SMILES string of the molecule is O=C1c2sccc2N(Cc2ccc(Br)cc2)S(=O)(=O)N1Cc1ccccc1. The van der Waals surface area contributed by atoms with Crippen molar-refractivity contribution < 1.29 is 13.2 Å². The molecule has 0 bridgehead atoms. The first kappa shape index (κ1) is 18.2. The number of amides is 1. The van der Waals surface area contributed by atoms with E-state index in [2.05, 4.69) is 15.9 Å². The summed E-state index contributed by atoms with van der Waals surface area (Å²) in [5.74, 6) is -0.476. The van der Waals surface area contributed by atoms with Gasteiger partial charge in [0.1, 0.15) is 4.88 Å². The first-order chi connectivity index (χ1) is 13.0. The maximum atomic E-state index is 13.3. The van der Waals surface area contributed by atoms with Gasteiger partial charge in [-0.3, -0.25) is 4.79 Å². The van der Waals surface area contributed by atoms with E-state index < -0.39 is 16.1 Å². The summed E-state index contributed by atoms with van der Waals surface area (Å²) in [6.07, 6.45) is 0. The molecule has 1 aliphatic heterocycles.